The largest absolute Gasteiger partial charge is 0.480 e. The van der Waals surface area contributed by atoms with Crippen molar-refractivity contribution < 1.29 is 19.0 Å². The first kappa shape index (κ1) is 17.3. The Bertz CT molecular complexity index is 718. The van der Waals surface area contributed by atoms with Gasteiger partial charge in [0, 0.05) is 25.9 Å². The number of hydrogen-bond donors (Lipinski definition) is 0. The Hall–Kier alpha value is -2.50. The molecule has 0 radical (unpaired) electrons. The van der Waals surface area contributed by atoms with Crippen LogP contribution in [0.15, 0.2) is 42.1 Å². The highest BCUT2D eigenvalue weighted by Gasteiger charge is 2.30. The lowest BCUT2D eigenvalue weighted by Gasteiger charge is -2.28. The first-order valence-electron chi connectivity index (χ1n) is 8.46. The third kappa shape index (κ3) is 4.13. The number of aromatic nitrogens is 1. The van der Waals surface area contributed by atoms with Crippen molar-refractivity contribution in [2.45, 2.75) is 45.3 Å². The van der Waals surface area contributed by atoms with Crippen molar-refractivity contribution in [1.29, 1.82) is 0 Å². The van der Waals surface area contributed by atoms with Crippen LogP contribution in [-0.2, 0) is 9.47 Å². The average Bonchev–Trinajstić information content (AvgIpc) is 2.69. The highest BCUT2D eigenvalue weighted by Crippen LogP contribution is 2.37. The van der Waals surface area contributed by atoms with Crippen LogP contribution in [0, 0.1) is 0 Å². The highest BCUT2D eigenvalue weighted by atomic mass is 16.6. The van der Waals surface area contributed by atoms with Crippen molar-refractivity contribution >= 4 is 6.09 Å². The van der Waals surface area contributed by atoms with Crippen LogP contribution >= 0.6 is 0 Å². The summed E-state index contributed by atoms with van der Waals surface area (Å²) >= 11 is 0. The second-order valence-electron chi connectivity index (χ2n) is 7.21. The summed E-state index contributed by atoms with van der Waals surface area (Å²) in [6.45, 7) is 5.87. The van der Waals surface area contributed by atoms with Crippen LogP contribution in [0.3, 0.4) is 0 Å². The molecule has 1 aliphatic heterocycles. The maximum absolute atomic E-state index is 12.3. The normalized spacial score (nSPS) is 19.1. The van der Waals surface area contributed by atoms with E-state index in [1.165, 1.54) is 4.90 Å². The molecule has 6 nitrogen and oxygen atoms in total. The molecule has 1 unspecified atom stereocenters. The number of allylic oxidation sites excluding steroid dienone is 3. The molecular weight excluding hydrogens is 320 g/mol. The summed E-state index contributed by atoms with van der Waals surface area (Å²) in [4.78, 5) is 18.0. The smallest absolute Gasteiger partial charge is 0.410 e. The van der Waals surface area contributed by atoms with Crippen molar-refractivity contribution in [1.82, 2.24) is 9.88 Å². The first-order chi connectivity index (χ1) is 11.8. The van der Waals surface area contributed by atoms with E-state index in [-0.39, 0.29) is 12.2 Å². The lowest BCUT2D eigenvalue weighted by molar-refractivity contribution is 0.0169. The van der Waals surface area contributed by atoms with Crippen molar-refractivity contribution in [3.63, 3.8) is 0 Å². The van der Waals surface area contributed by atoms with Gasteiger partial charge in [-0.3, -0.25) is 4.98 Å². The van der Waals surface area contributed by atoms with Gasteiger partial charge in [0.2, 0.25) is 0 Å². The molecule has 1 aliphatic carbocycles. The molecule has 6 heteroatoms. The van der Waals surface area contributed by atoms with E-state index in [9.17, 15) is 4.79 Å². The van der Waals surface area contributed by atoms with Crippen LogP contribution in [0.5, 0.6) is 5.75 Å². The molecule has 2 heterocycles. The van der Waals surface area contributed by atoms with Crippen LogP contribution in [0.25, 0.3) is 0 Å². The Morgan fingerprint density at radius 1 is 1.44 bits per heavy atom. The lowest BCUT2D eigenvalue weighted by atomic mass is 10.1. The first-order valence-corrected chi connectivity index (χ1v) is 8.46. The molecule has 0 fully saturated rings. The van der Waals surface area contributed by atoms with Gasteiger partial charge in [-0.2, -0.15) is 0 Å². The second kappa shape index (κ2) is 6.78. The predicted octanol–water partition coefficient (Wildman–Crippen LogP) is 3.96. The number of rotatable bonds is 2. The quantitative estimate of drug-likeness (QED) is 0.813. The molecule has 1 aromatic heterocycles. The molecule has 0 saturated carbocycles. The minimum atomic E-state index is -0.542. The number of amides is 1. The fourth-order valence-corrected chi connectivity index (χ4v) is 2.70. The SMILES string of the molecule is CN(CC1OC2=C(CCC=C2)Oc2ccncc21)C(=O)OC(C)(C)C. The van der Waals surface area contributed by atoms with Gasteiger partial charge >= 0.3 is 6.09 Å². The molecule has 134 valence electrons. The molecular formula is C19H24N2O4. The fourth-order valence-electron chi connectivity index (χ4n) is 2.70. The lowest BCUT2D eigenvalue weighted by Crippen LogP contribution is -2.36. The zero-order valence-corrected chi connectivity index (χ0v) is 15.1. The molecule has 3 rings (SSSR count). The summed E-state index contributed by atoms with van der Waals surface area (Å²) in [6.07, 6.45) is 8.36. The van der Waals surface area contributed by atoms with Gasteiger partial charge in [-0.1, -0.05) is 6.08 Å². The molecule has 2 aliphatic rings. The van der Waals surface area contributed by atoms with Gasteiger partial charge in [-0.15, -0.1) is 0 Å². The average molecular weight is 344 g/mol. The van der Waals surface area contributed by atoms with Crippen LogP contribution < -0.4 is 4.74 Å². The number of ether oxygens (including phenoxy) is 3. The Kier molecular flexibility index (Phi) is 4.70. The van der Waals surface area contributed by atoms with Gasteiger partial charge in [0.05, 0.1) is 12.1 Å². The van der Waals surface area contributed by atoms with E-state index in [0.29, 0.717) is 12.3 Å². The Labute approximate surface area is 148 Å². The molecule has 0 bridgehead atoms. The molecule has 0 N–H and O–H groups in total. The zero-order valence-electron chi connectivity index (χ0n) is 15.1. The minimum absolute atomic E-state index is 0.335. The van der Waals surface area contributed by atoms with Crippen molar-refractivity contribution in [3.05, 3.63) is 47.7 Å². The van der Waals surface area contributed by atoms with Gasteiger partial charge in [0.15, 0.2) is 5.76 Å². The maximum Gasteiger partial charge on any atom is 0.410 e. The Morgan fingerprint density at radius 3 is 3.00 bits per heavy atom. The number of hydrogen-bond acceptors (Lipinski definition) is 5. The molecule has 1 amide bonds. The van der Waals surface area contributed by atoms with Gasteiger partial charge < -0.3 is 19.1 Å². The number of carbonyl (C=O) groups excluding carboxylic acids is 1. The topological polar surface area (TPSA) is 60.9 Å². The number of likely N-dealkylation sites (N-methyl/N-ethyl adjacent to an activating group) is 1. The second-order valence-corrected chi connectivity index (χ2v) is 7.21. The zero-order chi connectivity index (χ0) is 18.0. The van der Waals surface area contributed by atoms with Gasteiger partial charge in [-0.25, -0.2) is 4.79 Å². The molecule has 0 aromatic carbocycles. The van der Waals surface area contributed by atoms with Crippen LogP contribution in [-0.4, -0.2) is 35.2 Å². The molecule has 1 aromatic rings. The number of carbonyl (C=O) groups is 1. The predicted molar refractivity (Wildman–Crippen MR) is 93.0 cm³/mol. The van der Waals surface area contributed by atoms with Crippen LogP contribution in [0.1, 0.15) is 45.3 Å². The summed E-state index contributed by atoms with van der Waals surface area (Å²) in [5.41, 5.74) is 0.278. The van der Waals surface area contributed by atoms with Gasteiger partial charge in [0.25, 0.3) is 0 Å². The Balaban J connectivity index is 1.83. The van der Waals surface area contributed by atoms with Crippen molar-refractivity contribution in [3.8, 4) is 5.75 Å². The standard InChI is InChI=1S/C19H24N2O4/c1-19(2,3)25-18(22)21(4)12-17-13-11-20-10-9-14(13)23-15-7-5-6-8-16(15)24-17/h6,8-11,17H,5,7,12H2,1-4H3. The van der Waals surface area contributed by atoms with E-state index in [0.717, 1.165) is 29.9 Å². The van der Waals surface area contributed by atoms with E-state index in [2.05, 4.69) is 11.1 Å². The molecule has 1 atom stereocenters. The molecule has 0 saturated heterocycles. The Morgan fingerprint density at radius 2 is 2.24 bits per heavy atom. The maximum atomic E-state index is 12.3. The minimum Gasteiger partial charge on any atom is -0.480 e. The van der Waals surface area contributed by atoms with E-state index < -0.39 is 5.60 Å². The summed E-state index contributed by atoms with van der Waals surface area (Å²) in [5.74, 6) is 2.25. The number of pyridine rings is 1. The van der Waals surface area contributed by atoms with Crippen LogP contribution in [0.4, 0.5) is 4.79 Å². The third-order valence-electron chi connectivity index (χ3n) is 3.89. The number of fused-ring (bicyclic) bond motifs is 1. The van der Waals surface area contributed by atoms with Crippen molar-refractivity contribution in [2.75, 3.05) is 13.6 Å². The van der Waals surface area contributed by atoms with Gasteiger partial charge in [-0.05, 0) is 39.3 Å². The van der Waals surface area contributed by atoms with E-state index in [1.54, 1.807) is 19.4 Å². The molecule has 0 spiro atoms. The van der Waals surface area contributed by atoms with Crippen LogP contribution in [0.2, 0.25) is 0 Å². The van der Waals surface area contributed by atoms with E-state index in [4.69, 9.17) is 14.2 Å². The fraction of sp³-hybridized carbons (Fsp3) is 0.474. The van der Waals surface area contributed by atoms with E-state index in [1.807, 2.05) is 32.9 Å². The monoisotopic (exact) mass is 344 g/mol. The van der Waals surface area contributed by atoms with Crippen molar-refractivity contribution in [2.24, 2.45) is 0 Å². The highest BCUT2D eigenvalue weighted by molar-refractivity contribution is 5.67. The molecule has 25 heavy (non-hydrogen) atoms. The van der Waals surface area contributed by atoms with Gasteiger partial charge in [0.1, 0.15) is 23.2 Å². The summed E-state index contributed by atoms with van der Waals surface area (Å²) in [6, 6.07) is 1.83. The van der Waals surface area contributed by atoms with E-state index >= 15 is 0 Å². The summed E-state index contributed by atoms with van der Waals surface area (Å²) in [7, 11) is 1.70. The summed E-state index contributed by atoms with van der Waals surface area (Å²) in [5, 5.41) is 0. The third-order valence-corrected chi connectivity index (χ3v) is 3.89. The summed E-state index contributed by atoms with van der Waals surface area (Å²) < 4.78 is 17.6. The number of nitrogens with zero attached hydrogens (tertiary/aromatic N) is 2.